The van der Waals surface area contributed by atoms with Crippen molar-refractivity contribution in [2.75, 3.05) is 19.0 Å². The minimum Gasteiger partial charge on any atom is -0.381 e. The van der Waals surface area contributed by atoms with E-state index in [-0.39, 0.29) is 12.4 Å². The van der Waals surface area contributed by atoms with Gasteiger partial charge in [-0.2, -0.15) is 8.42 Å². The van der Waals surface area contributed by atoms with Crippen molar-refractivity contribution in [2.24, 2.45) is 0 Å². The van der Waals surface area contributed by atoms with Gasteiger partial charge in [0.1, 0.15) is 5.75 Å². The van der Waals surface area contributed by atoms with Crippen LogP contribution in [0.25, 0.3) is 0 Å². The number of hydrogen-bond acceptors (Lipinski definition) is 5. The first kappa shape index (κ1) is 23.2. The van der Waals surface area contributed by atoms with E-state index in [4.69, 9.17) is 4.74 Å². The second-order valence-electron chi connectivity index (χ2n) is 5.82. The zero-order valence-electron chi connectivity index (χ0n) is 15.3. The smallest absolute Gasteiger partial charge is 0.306 e. The van der Waals surface area contributed by atoms with E-state index in [1.807, 2.05) is 0 Å². The van der Waals surface area contributed by atoms with E-state index in [1.54, 1.807) is 6.92 Å². The SMILES string of the molecule is CCCCCCCCCCCCC#COOS(=O)(=O)CCOCC. The van der Waals surface area contributed by atoms with Gasteiger partial charge in [0.2, 0.25) is 0 Å². The van der Waals surface area contributed by atoms with E-state index in [0.29, 0.717) is 13.0 Å². The molecule has 0 atom stereocenters. The summed E-state index contributed by atoms with van der Waals surface area (Å²) >= 11 is 0. The Kier molecular flexibility index (Phi) is 16.5. The van der Waals surface area contributed by atoms with Gasteiger partial charge in [-0.15, -0.1) is 0 Å². The molecule has 0 spiro atoms. The maximum Gasteiger partial charge on any atom is 0.306 e. The lowest BCUT2D eigenvalue weighted by Gasteiger charge is -2.01. The summed E-state index contributed by atoms with van der Waals surface area (Å²) in [6, 6.07) is 0. The molecule has 0 rings (SSSR count). The van der Waals surface area contributed by atoms with E-state index in [0.717, 1.165) is 12.8 Å². The molecule has 0 saturated carbocycles. The van der Waals surface area contributed by atoms with Crippen LogP contribution in [0.15, 0.2) is 0 Å². The summed E-state index contributed by atoms with van der Waals surface area (Å²) in [5.41, 5.74) is 0. The number of rotatable bonds is 16. The normalized spacial score (nSPS) is 11.1. The molecule has 0 aliphatic rings. The summed E-state index contributed by atoms with van der Waals surface area (Å²) in [7, 11) is -3.72. The van der Waals surface area contributed by atoms with Crippen molar-refractivity contribution < 1.29 is 22.4 Å². The molecule has 0 aliphatic heterocycles. The molecule has 24 heavy (non-hydrogen) atoms. The standard InChI is InChI=1S/C18H34O5S/c1-3-5-6-7-8-9-10-11-12-13-14-15-16-22-23-24(19,20)18-17-21-4-2/h3-14,17-18H2,1-2H3. The zero-order chi connectivity index (χ0) is 17.9. The van der Waals surface area contributed by atoms with Crippen LogP contribution in [0.5, 0.6) is 0 Å². The molecule has 0 fully saturated rings. The minimum absolute atomic E-state index is 0.0915. The molecular weight excluding hydrogens is 328 g/mol. The monoisotopic (exact) mass is 362 g/mol. The molecule has 0 saturated heterocycles. The van der Waals surface area contributed by atoms with Gasteiger partial charge in [0.25, 0.3) is 0 Å². The lowest BCUT2D eigenvalue weighted by molar-refractivity contribution is -0.127. The minimum atomic E-state index is -3.72. The second-order valence-corrected chi connectivity index (χ2v) is 7.48. The fraction of sp³-hybridized carbons (Fsp3) is 0.889. The molecule has 0 aromatic heterocycles. The van der Waals surface area contributed by atoms with E-state index in [1.165, 1.54) is 51.4 Å². The Balaban J connectivity index is 3.39. The molecule has 6 heteroatoms. The third-order valence-electron chi connectivity index (χ3n) is 3.59. The van der Waals surface area contributed by atoms with Gasteiger partial charge in [0, 0.05) is 13.0 Å². The summed E-state index contributed by atoms with van der Waals surface area (Å²) in [5.74, 6) is 2.52. The van der Waals surface area contributed by atoms with Crippen molar-refractivity contribution in [3.63, 3.8) is 0 Å². The first-order valence-corrected chi connectivity index (χ1v) is 10.8. The van der Waals surface area contributed by atoms with Gasteiger partial charge < -0.3 is 4.74 Å². The zero-order valence-corrected chi connectivity index (χ0v) is 16.2. The van der Waals surface area contributed by atoms with E-state index >= 15 is 0 Å². The van der Waals surface area contributed by atoms with Gasteiger partial charge >= 0.3 is 10.1 Å². The molecule has 5 nitrogen and oxygen atoms in total. The van der Waals surface area contributed by atoms with Gasteiger partial charge in [-0.25, -0.2) is 0 Å². The Labute approximate surface area is 148 Å². The molecule has 0 amide bonds. The fourth-order valence-corrected chi connectivity index (χ4v) is 2.72. The van der Waals surface area contributed by atoms with Crippen LogP contribution in [0.3, 0.4) is 0 Å². The molecule has 0 N–H and O–H groups in total. The van der Waals surface area contributed by atoms with Crippen LogP contribution in [0, 0.1) is 12.0 Å². The first-order chi connectivity index (χ1) is 11.6. The Morgan fingerprint density at radius 3 is 2.00 bits per heavy atom. The highest BCUT2D eigenvalue weighted by molar-refractivity contribution is 7.86. The predicted molar refractivity (Wildman–Crippen MR) is 96.7 cm³/mol. The molecule has 0 unspecified atom stereocenters. The molecule has 0 radical (unpaired) electrons. The van der Waals surface area contributed by atoms with E-state index < -0.39 is 10.1 Å². The van der Waals surface area contributed by atoms with Crippen LogP contribution in [-0.4, -0.2) is 27.4 Å². The molecule has 142 valence electrons. The highest BCUT2D eigenvalue weighted by Crippen LogP contribution is 2.10. The molecule has 0 heterocycles. The number of hydrogen-bond donors (Lipinski definition) is 0. The summed E-state index contributed by atoms with van der Waals surface area (Å²) in [6.07, 6.45) is 15.7. The van der Waals surface area contributed by atoms with Gasteiger partial charge in [-0.05, 0) is 17.7 Å². The van der Waals surface area contributed by atoms with Crippen LogP contribution in [0.2, 0.25) is 0 Å². The van der Waals surface area contributed by atoms with Crippen molar-refractivity contribution in [3.8, 4) is 12.0 Å². The summed E-state index contributed by atoms with van der Waals surface area (Å²) in [5, 5.41) is 0. The van der Waals surface area contributed by atoms with Crippen molar-refractivity contribution in [3.05, 3.63) is 0 Å². The van der Waals surface area contributed by atoms with E-state index in [9.17, 15) is 8.42 Å². The Morgan fingerprint density at radius 2 is 1.42 bits per heavy atom. The lowest BCUT2D eigenvalue weighted by Crippen LogP contribution is -2.14. The lowest BCUT2D eigenvalue weighted by atomic mass is 10.1. The predicted octanol–water partition coefficient (Wildman–Crippen LogP) is 4.57. The third-order valence-corrected chi connectivity index (χ3v) is 4.53. The largest absolute Gasteiger partial charge is 0.381 e. The Morgan fingerprint density at radius 1 is 0.833 bits per heavy atom. The number of ether oxygens (including phenoxy) is 1. The number of unbranched alkanes of at least 4 members (excludes halogenated alkanes) is 10. The molecule has 0 aromatic rings. The molecule has 0 aliphatic carbocycles. The quantitative estimate of drug-likeness (QED) is 0.174. The molecular formula is C18H34O5S. The van der Waals surface area contributed by atoms with E-state index in [2.05, 4.69) is 28.2 Å². The Hall–Kier alpha value is -0.770. The van der Waals surface area contributed by atoms with Crippen LogP contribution in [0.1, 0.15) is 84.5 Å². The molecule has 0 bridgehead atoms. The fourth-order valence-electron chi connectivity index (χ4n) is 2.19. The van der Waals surface area contributed by atoms with Gasteiger partial charge in [0.05, 0.1) is 6.61 Å². The van der Waals surface area contributed by atoms with Crippen LogP contribution in [0.4, 0.5) is 0 Å². The average Bonchev–Trinajstić information content (AvgIpc) is 2.55. The van der Waals surface area contributed by atoms with Crippen LogP contribution < -0.4 is 0 Å². The maximum absolute atomic E-state index is 11.3. The van der Waals surface area contributed by atoms with Crippen molar-refractivity contribution in [1.82, 2.24) is 0 Å². The van der Waals surface area contributed by atoms with Crippen LogP contribution >= 0.6 is 0 Å². The van der Waals surface area contributed by atoms with Crippen molar-refractivity contribution in [2.45, 2.75) is 84.5 Å². The maximum atomic E-state index is 11.3. The topological polar surface area (TPSA) is 61.8 Å². The van der Waals surface area contributed by atoms with Gasteiger partial charge in [0.15, 0.2) is 6.11 Å². The summed E-state index contributed by atoms with van der Waals surface area (Å²) in [6.45, 7) is 4.59. The average molecular weight is 363 g/mol. The highest BCUT2D eigenvalue weighted by atomic mass is 32.2. The first-order valence-electron chi connectivity index (χ1n) is 9.25. The van der Waals surface area contributed by atoms with Crippen LogP contribution in [-0.2, 0) is 24.1 Å². The molecule has 0 aromatic carbocycles. The Bertz CT molecular complexity index is 422. The third kappa shape index (κ3) is 17.6. The summed E-state index contributed by atoms with van der Waals surface area (Å²) in [4.78, 5) is 4.42. The van der Waals surface area contributed by atoms with Gasteiger partial charge in [-0.3, -0.25) is 4.89 Å². The van der Waals surface area contributed by atoms with Crippen molar-refractivity contribution >= 4 is 10.1 Å². The second kappa shape index (κ2) is 17.1. The summed E-state index contributed by atoms with van der Waals surface area (Å²) < 4.78 is 31.9. The van der Waals surface area contributed by atoms with Gasteiger partial charge in [-0.1, -0.05) is 70.6 Å². The highest BCUT2D eigenvalue weighted by Gasteiger charge is 2.12. The van der Waals surface area contributed by atoms with Crippen molar-refractivity contribution in [1.29, 1.82) is 0 Å².